The molecule has 1 aromatic carbocycles. The third-order valence-corrected chi connectivity index (χ3v) is 2.92. The summed E-state index contributed by atoms with van der Waals surface area (Å²) in [7, 11) is -3.01. The Balaban J connectivity index is 2.70. The molecule has 0 fully saturated rings. The predicted octanol–water partition coefficient (Wildman–Crippen LogP) is -0.335. The number of aromatic hydroxyl groups is 1. The first-order valence-corrected chi connectivity index (χ1v) is 6.25. The number of nitrogen functional groups attached to an aromatic ring is 1. The molecule has 8 nitrogen and oxygen atoms in total. The number of nitrogens with one attached hydrogen (secondary N) is 2. The lowest BCUT2D eigenvalue weighted by Crippen LogP contribution is -2.39. The Morgan fingerprint density at radius 3 is 2.78 bits per heavy atom. The molecule has 0 aromatic heterocycles. The van der Waals surface area contributed by atoms with Gasteiger partial charge < -0.3 is 15.6 Å². The molecule has 5 N–H and O–H groups in total. The lowest BCUT2D eigenvalue weighted by Gasteiger charge is -2.09. The lowest BCUT2D eigenvalue weighted by molar-refractivity contribution is 0.177. The number of benzene rings is 1. The third-order valence-electron chi connectivity index (χ3n) is 1.96. The van der Waals surface area contributed by atoms with Crippen molar-refractivity contribution in [3.05, 3.63) is 23.8 Å². The first-order chi connectivity index (χ1) is 8.34. The summed E-state index contributed by atoms with van der Waals surface area (Å²) in [4.78, 5) is 10.7. The molecule has 1 rings (SSSR count). The maximum absolute atomic E-state index is 11.3. The number of phenols is 1. The molecule has 1 amide bonds. The van der Waals surface area contributed by atoms with Crippen LogP contribution in [0.4, 0.5) is 10.5 Å². The highest BCUT2D eigenvalue weighted by molar-refractivity contribution is 7.88. The third kappa shape index (κ3) is 4.11. The molecule has 0 saturated carbocycles. The average Bonchev–Trinajstić information content (AvgIpc) is 2.30. The van der Waals surface area contributed by atoms with Crippen molar-refractivity contribution in [2.24, 2.45) is 0 Å². The number of rotatable bonds is 4. The Bertz CT molecular complexity index is 543. The van der Waals surface area contributed by atoms with Gasteiger partial charge in [0.2, 0.25) is 0 Å². The standard InChI is InChI=1S/C9H13N3O5S/c1-17-9(14)12-18(15,16)11-5-6-4-7(10)2-3-8(6)13/h2-4,11,13H,5,10H2,1H3,(H,12,14). The van der Waals surface area contributed by atoms with Gasteiger partial charge >= 0.3 is 16.3 Å². The van der Waals surface area contributed by atoms with E-state index in [0.717, 1.165) is 7.11 Å². The van der Waals surface area contributed by atoms with Crippen LogP contribution in [0.2, 0.25) is 0 Å². The quantitative estimate of drug-likeness (QED) is 0.439. The van der Waals surface area contributed by atoms with Gasteiger partial charge in [0, 0.05) is 17.8 Å². The van der Waals surface area contributed by atoms with Gasteiger partial charge in [-0.1, -0.05) is 0 Å². The van der Waals surface area contributed by atoms with Gasteiger partial charge in [0.15, 0.2) is 0 Å². The van der Waals surface area contributed by atoms with E-state index in [1.165, 1.54) is 18.2 Å². The van der Waals surface area contributed by atoms with E-state index in [0.29, 0.717) is 5.69 Å². The SMILES string of the molecule is COC(=O)NS(=O)(=O)NCc1cc(N)ccc1O. The van der Waals surface area contributed by atoms with Crippen LogP contribution >= 0.6 is 0 Å². The molecule has 0 aliphatic rings. The number of anilines is 1. The summed E-state index contributed by atoms with van der Waals surface area (Å²) in [6.45, 7) is -0.219. The normalized spacial score (nSPS) is 10.9. The van der Waals surface area contributed by atoms with Gasteiger partial charge in [0.1, 0.15) is 5.75 Å². The lowest BCUT2D eigenvalue weighted by atomic mass is 10.2. The molecule has 9 heteroatoms. The van der Waals surface area contributed by atoms with E-state index in [4.69, 9.17) is 5.73 Å². The smallest absolute Gasteiger partial charge is 0.421 e. The van der Waals surface area contributed by atoms with Crippen LogP contribution in [-0.2, 0) is 21.5 Å². The zero-order chi connectivity index (χ0) is 13.8. The maximum Gasteiger partial charge on any atom is 0.421 e. The highest BCUT2D eigenvalue weighted by atomic mass is 32.2. The van der Waals surface area contributed by atoms with Crippen molar-refractivity contribution in [2.75, 3.05) is 12.8 Å². The molecular weight excluding hydrogens is 262 g/mol. The second kappa shape index (κ2) is 5.56. The van der Waals surface area contributed by atoms with Crippen molar-refractivity contribution in [1.29, 1.82) is 0 Å². The minimum atomic E-state index is -4.05. The molecule has 0 aliphatic heterocycles. The van der Waals surface area contributed by atoms with E-state index in [1.54, 1.807) is 4.72 Å². The number of phenolic OH excluding ortho intramolecular Hbond substituents is 1. The zero-order valence-electron chi connectivity index (χ0n) is 9.50. The van der Waals surface area contributed by atoms with Gasteiger partial charge in [-0.05, 0) is 18.2 Å². The number of ether oxygens (including phenoxy) is 1. The zero-order valence-corrected chi connectivity index (χ0v) is 10.3. The molecule has 1 aromatic rings. The molecule has 0 spiro atoms. The monoisotopic (exact) mass is 275 g/mol. The van der Waals surface area contributed by atoms with E-state index in [9.17, 15) is 18.3 Å². The highest BCUT2D eigenvalue weighted by Gasteiger charge is 2.14. The summed E-state index contributed by atoms with van der Waals surface area (Å²) >= 11 is 0. The summed E-state index contributed by atoms with van der Waals surface area (Å²) in [6, 6.07) is 4.22. The molecule has 0 aliphatic carbocycles. The van der Waals surface area contributed by atoms with E-state index in [2.05, 4.69) is 9.46 Å². The van der Waals surface area contributed by atoms with Gasteiger partial charge in [-0.25, -0.2) is 9.52 Å². The summed E-state index contributed by atoms with van der Waals surface area (Å²) in [5, 5.41) is 9.46. The van der Waals surface area contributed by atoms with Gasteiger partial charge in [-0.15, -0.1) is 0 Å². The molecule has 18 heavy (non-hydrogen) atoms. The number of carbonyl (C=O) groups is 1. The van der Waals surface area contributed by atoms with Crippen LogP contribution in [0.25, 0.3) is 0 Å². The van der Waals surface area contributed by atoms with Crippen LogP contribution in [0.1, 0.15) is 5.56 Å². The molecule has 0 heterocycles. The van der Waals surface area contributed by atoms with E-state index < -0.39 is 16.3 Å². The Morgan fingerprint density at radius 2 is 2.17 bits per heavy atom. The molecule has 0 atom stereocenters. The first kappa shape index (κ1) is 14.1. The molecule has 100 valence electrons. The van der Waals surface area contributed by atoms with Crippen LogP contribution in [-0.4, -0.2) is 26.7 Å². The van der Waals surface area contributed by atoms with Crippen molar-refractivity contribution in [3.8, 4) is 5.75 Å². The first-order valence-electron chi connectivity index (χ1n) is 4.77. The van der Waals surface area contributed by atoms with Crippen LogP contribution < -0.4 is 15.2 Å². The van der Waals surface area contributed by atoms with Crippen LogP contribution in [0.5, 0.6) is 5.75 Å². The number of amides is 1. The second-order valence-corrected chi connectivity index (χ2v) is 4.81. The van der Waals surface area contributed by atoms with Crippen molar-refractivity contribution in [2.45, 2.75) is 6.54 Å². The second-order valence-electron chi connectivity index (χ2n) is 3.31. The predicted molar refractivity (Wildman–Crippen MR) is 63.8 cm³/mol. The molecule has 0 radical (unpaired) electrons. The molecule has 0 bridgehead atoms. The van der Waals surface area contributed by atoms with Gasteiger partial charge in [-0.3, -0.25) is 0 Å². The highest BCUT2D eigenvalue weighted by Crippen LogP contribution is 2.19. The van der Waals surface area contributed by atoms with Crippen molar-refractivity contribution in [1.82, 2.24) is 9.44 Å². The largest absolute Gasteiger partial charge is 0.508 e. The topological polar surface area (TPSA) is 131 Å². The summed E-state index contributed by atoms with van der Waals surface area (Å²) in [5.41, 5.74) is 6.15. The Kier molecular flexibility index (Phi) is 4.34. The fourth-order valence-electron chi connectivity index (χ4n) is 1.11. The average molecular weight is 275 g/mol. The van der Waals surface area contributed by atoms with E-state index in [-0.39, 0.29) is 17.9 Å². The maximum atomic E-state index is 11.3. The van der Waals surface area contributed by atoms with Crippen molar-refractivity contribution >= 4 is 22.0 Å². The number of carbonyl (C=O) groups excluding carboxylic acids is 1. The van der Waals surface area contributed by atoms with Crippen LogP contribution in [0, 0.1) is 0 Å². The number of nitrogens with two attached hydrogens (primary N) is 1. The van der Waals surface area contributed by atoms with Crippen LogP contribution in [0.15, 0.2) is 18.2 Å². The van der Waals surface area contributed by atoms with Crippen molar-refractivity contribution in [3.63, 3.8) is 0 Å². The number of methoxy groups -OCH3 is 1. The fraction of sp³-hybridized carbons (Fsp3) is 0.222. The molecule has 0 unspecified atom stereocenters. The summed E-state index contributed by atoms with van der Waals surface area (Å²) in [6.07, 6.45) is -1.11. The van der Waals surface area contributed by atoms with E-state index >= 15 is 0 Å². The summed E-state index contributed by atoms with van der Waals surface area (Å²) in [5.74, 6) is -0.107. The Labute approximate surface area is 104 Å². The molecular formula is C9H13N3O5S. The minimum Gasteiger partial charge on any atom is -0.508 e. The van der Waals surface area contributed by atoms with Gasteiger partial charge in [0.25, 0.3) is 0 Å². The number of hydrogen-bond donors (Lipinski definition) is 4. The van der Waals surface area contributed by atoms with Gasteiger partial charge in [0.05, 0.1) is 7.11 Å². The Hall–Kier alpha value is -2.00. The van der Waals surface area contributed by atoms with E-state index in [1.807, 2.05) is 0 Å². The number of hydrogen-bond acceptors (Lipinski definition) is 6. The summed E-state index contributed by atoms with van der Waals surface area (Å²) < 4.78 is 30.5. The Morgan fingerprint density at radius 1 is 1.50 bits per heavy atom. The minimum absolute atomic E-state index is 0.107. The van der Waals surface area contributed by atoms with Gasteiger partial charge in [-0.2, -0.15) is 13.1 Å². The molecule has 0 saturated heterocycles. The van der Waals surface area contributed by atoms with Crippen LogP contribution in [0.3, 0.4) is 0 Å². The van der Waals surface area contributed by atoms with Crippen molar-refractivity contribution < 1.29 is 23.1 Å². The fourth-order valence-corrected chi connectivity index (χ4v) is 1.83.